The van der Waals surface area contributed by atoms with E-state index in [1.807, 2.05) is 12.2 Å². The monoisotopic (exact) mass is 344 g/mol. The smallest absolute Gasteiger partial charge is 0.306 e. The number of allylic oxidation sites excluding steroid dienone is 9. The van der Waals surface area contributed by atoms with E-state index in [4.69, 9.17) is 4.74 Å². The summed E-state index contributed by atoms with van der Waals surface area (Å²) in [5, 5.41) is 9.91. The molecule has 0 aromatic rings. The number of ether oxygens (including phenoxy) is 1. The van der Waals surface area contributed by atoms with Crippen molar-refractivity contribution in [2.45, 2.75) is 70.5 Å². The van der Waals surface area contributed by atoms with Crippen LogP contribution in [0.25, 0.3) is 0 Å². The van der Waals surface area contributed by atoms with Gasteiger partial charge in [0.05, 0.1) is 6.10 Å². The van der Waals surface area contributed by atoms with E-state index in [1.165, 1.54) is 0 Å². The molecule has 0 saturated carbocycles. The SMILES string of the molecule is CC/C=C\C/C=C\C/C=C\C/C=C\C/C=C\C[C@@H](O)[C@@H]1CCC(=O)O1. The van der Waals surface area contributed by atoms with E-state index in [9.17, 15) is 9.90 Å². The Balaban J connectivity index is 2.01. The summed E-state index contributed by atoms with van der Waals surface area (Å²) in [5.41, 5.74) is 0. The third kappa shape index (κ3) is 11.3. The van der Waals surface area contributed by atoms with Gasteiger partial charge in [0, 0.05) is 6.42 Å². The number of carbonyl (C=O) groups is 1. The van der Waals surface area contributed by atoms with Crippen LogP contribution in [0.4, 0.5) is 0 Å². The third-order valence-electron chi connectivity index (χ3n) is 3.88. The second kappa shape index (κ2) is 14.5. The van der Waals surface area contributed by atoms with Gasteiger partial charge in [0.15, 0.2) is 0 Å². The molecule has 3 heteroatoms. The number of aliphatic hydroxyl groups excluding tert-OH is 1. The molecule has 0 aliphatic carbocycles. The molecule has 0 spiro atoms. The lowest BCUT2D eigenvalue weighted by Gasteiger charge is -2.14. The highest BCUT2D eigenvalue weighted by Gasteiger charge is 2.28. The lowest BCUT2D eigenvalue weighted by molar-refractivity contribution is -0.145. The van der Waals surface area contributed by atoms with E-state index in [-0.39, 0.29) is 12.1 Å². The molecule has 138 valence electrons. The van der Waals surface area contributed by atoms with Crippen LogP contribution in [-0.2, 0) is 9.53 Å². The van der Waals surface area contributed by atoms with Gasteiger partial charge in [0.1, 0.15) is 6.10 Å². The van der Waals surface area contributed by atoms with Crippen LogP contribution in [0.5, 0.6) is 0 Å². The van der Waals surface area contributed by atoms with Gasteiger partial charge in [-0.2, -0.15) is 0 Å². The molecule has 1 N–H and O–H groups in total. The number of carbonyl (C=O) groups excluding carboxylic acids is 1. The highest BCUT2D eigenvalue weighted by atomic mass is 16.6. The fourth-order valence-corrected chi connectivity index (χ4v) is 2.46. The molecule has 1 fully saturated rings. The largest absolute Gasteiger partial charge is 0.460 e. The summed E-state index contributed by atoms with van der Waals surface area (Å²) < 4.78 is 5.05. The molecule has 0 bridgehead atoms. The molecule has 1 rings (SSSR count). The predicted molar refractivity (Wildman–Crippen MR) is 104 cm³/mol. The highest BCUT2D eigenvalue weighted by molar-refractivity contribution is 5.71. The van der Waals surface area contributed by atoms with Gasteiger partial charge in [-0.3, -0.25) is 4.79 Å². The van der Waals surface area contributed by atoms with Crippen molar-refractivity contribution in [2.24, 2.45) is 0 Å². The number of esters is 1. The molecule has 2 atom stereocenters. The van der Waals surface area contributed by atoms with Crippen molar-refractivity contribution >= 4 is 5.97 Å². The zero-order valence-electron chi connectivity index (χ0n) is 15.3. The first-order valence-corrected chi connectivity index (χ1v) is 9.36. The Morgan fingerprint density at radius 3 is 1.84 bits per heavy atom. The van der Waals surface area contributed by atoms with E-state index in [2.05, 4.69) is 55.5 Å². The van der Waals surface area contributed by atoms with Crippen molar-refractivity contribution in [1.29, 1.82) is 0 Å². The average molecular weight is 344 g/mol. The van der Waals surface area contributed by atoms with Gasteiger partial charge >= 0.3 is 5.97 Å². The van der Waals surface area contributed by atoms with Crippen molar-refractivity contribution in [2.75, 3.05) is 0 Å². The van der Waals surface area contributed by atoms with Gasteiger partial charge in [0.2, 0.25) is 0 Å². The second-order valence-electron chi connectivity index (χ2n) is 6.08. The van der Waals surface area contributed by atoms with Crippen LogP contribution in [0.15, 0.2) is 60.8 Å². The quantitative estimate of drug-likeness (QED) is 0.391. The summed E-state index contributed by atoms with van der Waals surface area (Å²) in [6.07, 6.45) is 26.9. The summed E-state index contributed by atoms with van der Waals surface area (Å²) in [5.74, 6) is -0.201. The molecule has 0 amide bonds. The van der Waals surface area contributed by atoms with Gasteiger partial charge in [-0.05, 0) is 44.9 Å². The topological polar surface area (TPSA) is 46.5 Å². The first-order valence-electron chi connectivity index (χ1n) is 9.36. The summed E-state index contributed by atoms with van der Waals surface area (Å²) in [6, 6.07) is 0. The van der Waals surface area contributed by atoms with E-state index < -0.39 is 6.10 Å². The minimum absolute atomic E-state index is 0.201. The fourth-order valence-electron chi connectivity index (χ4n) is 2.46. The van der Waals surface area contributed by atoms with Crippen LogP contribution >= 0.6 is 0 Å². The Morgan fingerprint density at radius 2 is 1.40 bits per heavy atom. The van der Waals surface area contributed by atoms with Gasteiger partial charge < -0.3 is 9.84 Å². The number of cyclic esters (lactones) is 1. The standard InChI is InChI=1S/C22H32O3/c1-2-3-4-5-6-7-8-9-10-11-12-13-14-15-16-17-20(23)21-18-19-22(24)25-21/h3-4,6-7,9-10,12-13,15-16,20-21,23H,2,5,8,11,14,17-19H2,1H3/b4-3-,7-6-,10-9-,13-12-,16-15-/t20-,21+/m1/s1. The second-order valence-corrected chi connectivity index (χ2v) is 6.08. The van der Waals surface area contributed by atoms with Gasteiger partial charge in [-0.1, -0.05) is 67.7 Å². The van der Waals surface area contributed by atoms with E-state index in [0.717, 1.165) is 32.1 Å². The first-order chi connectivity index (χ1) is 12.2. The molecule has 1 aliphatic rings. The Hall–Kier alpha value is -1.87. The van der Waals surface area contributed by atoms with Gasteiger partial charge in [0.25, 0.3) is 0 Å². The number of hydrogen-bond donors (Lipinski definition) is 1. The van der Waals surface area contributed by atoms with Crippen molar-refractivity contribution in [3.63, 3.8) is 0 Å². The molecular weight excluding hydrogens is 312 g/mol. The number of hydrogen-bond acceptors (Lipinski definition) is 3. The molecule has 1 heterocycles. The van der Waals surface area contributed by atoms with Crippen LogP contribution in [0, 0.1) is 0 Å². The van der Waals surface area contributed by atoms with Crippen LogP contribution < -0.4 is 0 Å². The molecule has 1 saturated heterocycles. The zero-order chi connectivity index (χ0) is 18.2. The van der Waals surface area contributed by atoms with Gasteiger partial charge in [-0.15, -0.1) is 0 Å². The minimum atomic E-state index is -0.583. The molecule has 1 aliphatic heterocycles. The maximum Gasteiger partial charge on any atom is 0.306 e. The molecule has 0 aromatic heterocycles. The molecule has 3 nitrogen and oxygen atoms in total. The summed E-state index contributed by atoms with van der Waals surface area (Å²) >= 11 is 0. The maximum atomic E-state index is 11.0. The summed E-state index contributed by atoms with van der Waals surface area (Å²) in [7, 11) is 0. The molecular formula is C22H32O3. The van der Waals surface area contributed by atoms with Crippen LogP contribution in [-0.4, -0.2) is 23.3 Å². The average Bonchev–Trinajstić information content (AvgIpc) is 3.04. The van der Waals surface area contributed by atoms with Crippen LogP contribution in [0.3, 0.4) is 0 Å². The Labute approximate surface area is 152 Å². The van der Waals surface area contributed by atoms with Crippen LogP contribution in [0.1, 0.15) is 58.3 Å². The lowest BCUT2D eigenvalue weighted by atomic mass is 10.1. The Bertz CT molecular complexity index is 497. The van der Waals surface area contributed by atoms with Crippen molar-refractivity contribution in [3.05, 3.63) is 60.8 Å². The number of aliphatic hydroxyl groups is 1. The normalized spacial score (nSPS) is 20.1. The summed E-state index contributed by atoms with van der Waals surface area (Å²) in [4.78, 5) is 11.0. The third-order valence-corrected chi connectivity index (χ3v) is 3.88. The molecule has 25 heavy (non-hydrogen) atoms. The van der Waals surface area contributed by atoms with E-state index in [0.29, 0.717) is 19.3 Å². The van der Waals surface area contributed by atoms with E-state index in [1.54, 1.807) is 0 Å². The molecule has 0 radical (unpaired) electrons. The lowest BCUT2D eigenvalue weighted by Crippen LogP contribution is -2.24. The minimum Gasteiger partial charge on any atom is -0.460 e. The van der Waals surface area contributed by atoms with E-state index >= 15 is 0 Å². The maximum absolute atomic E-state index is 11.0. The first kappa shape index (κ1) is 21.2. The zero-order valence-corrected chi connectivity index (χ0v) is 15.3. The van der Waals surface area contributed by atoms with Crippen molar-refractivity contribution in [3.8, 4) is 0 Å². The Kier molecular flexibility index (Phi) is 12.3. The van der Waals surface area contributed by atoms with Crippen molar-refractivity contribution in [1.82, 2.24) is 0 Å². The van der Waals surface area contributed by atoms with Gasteiger partial charge in [-0.25, -0.2) is 0 Å². The molecule has 0 unspecified atom stereocenters. The molecule has 0 aromatic carbocycles. The summed E-state index contributed by atoms with van der Waals surface area (Å²) in [6.45, 7) is 2.14. The Morgan fingerprint density at radius 1 is 0.920 bits per heavy atom. The fraction of sp³-hybridized carbons (Fsp3) is 0.500. The van der Waals surface area contributed by atoms with Crippen molar-refractivity contribution < 1.29 is 14.6 Å². The van der Waals surface area contributed by atoms with Crippen LogP contribution in [0.2, 0.25) is 0 Å². The number of rotatable bonds is 12. The predicted octanol–water partition coefficient (Wildman–Crippen LogP) is 5.19. The highest BCUT2D eigenvalue weighted by Crippen LogP contribution is 2.19.